The third-order valence-electron chi connectivity index (χ3n) is 4.48. The average Bonchev–Trinajstić information content (AvgIpc) is 2.63. The van der Waals surface area contributed by atoms with Gasteiger partial charge in [-0.1, -0.05) is 34.1 Å². The minimum absolute atomic E-state index is 0.576. The third kappa shape index (κ3) is 3.69. The van der Waals surface area contributed by atoms with Gasteiger partial charge in [-0.2, -0.15) is 0 Å². The first-order valence-corrected chi connectivity index (χ1v) is 7.46. The molecule has 0 aromatic carbocycles. The van der Waals surface area contributed by atoms with Gasteiger partial charge < -0.3 is 5.32 Å². The van der Waals surface area contributed by atoms with Gasteiger partial charge in [0.1, 0.15) is 0 Å². The normalized spacial score (nSPS) is 34.4. The molecule has 2 aliphatic rings. The molecule has 0 radical (unpaired) electrons. The molecule has 1 aliphatic heterocycles. The van der Waals surface area contributed by atoms with Crippen molar-refractivity contribution in [3.63, 3.8) is 0 Å². The predicted molar refractivity (Wildman–Crippen MR) is 74.3 cm³/mol. The minimum atomic E-state index is 0.576. The minimum Gasteiger partial charge on any atom is -0.310 e. The van der Waals surface area contributed by atoms with Crippen molar-refractivity contribution in [1.29, 1.82) is 0 Å². The Bertz CT molecular complexity index is 247. The van der Waals surface area contributed by atoms with Crippen molar-refractivity contribution in [3.05, 3.63) is 0 Å². The molecule has 17 heavy (non-hydrogen) atoms. The summed E-state index contributed by atoms with van der Waals surface area (Å²) in [4.78, 5) is 2.75. The molecule has 2 atom stereocenters. The van der Waals surface area contributed by atoms with Crippen LogP contribution in [0.4, 0.5) is 0 Å². The summed E-state index contributed by atoms with van der Waals surface area (Å²) in [5.74, 6) is 0. The largest absolute Gasteiger partial charge is 0.310 e. The zero-order valence-corrected chi connectivity index (χ0v) is 12.1. The maximum absolute atomic E-state index is 3.69. The molecule has 1 N–H and O–H groups in total. The zero-order valence-electron chi connectivity index (χ0n) is 12.1. The molecule has 2 fully saturated rings. The Balaban J connectivity index is 1.83. The van der Waals surface area contributed by atoms with Crippen LogP contribution in [0.15, 0.2) is 0 Å². The lowest BCUT2D eigenvalue weighted by Gasteiger charge is -2.40. The van der Waals surface area contributed by atoms with E-state index in [1.54, 1.807) is 0 Å². The standard InChI is InChI=1S/C15H30N2/c1-12(2)16-13-7-9-17(11-13)14-6-5-8-15(3,4)10-14/h12-14,16H,5-11H2,1-4H3. The lowest BCUT2D eigenvalue weighted by molar-refractivity contribution is 0.111. The van der Waals surface area contributed by atoms with Gasteiger partial charge in [0.05, 0.1) is 0 Å². The summed E-state index contributed by atoms with van der Waals surface area (Å²) in [6, 6.07) is 2.22. The van der Waals surface area contributed by atoms with Crippen molar-refractivity contribution in [3.8, 4) is 0 Å². The third-order valence-corrected chi connectivity index (χ3v) is 4.48. The highest BCUT2D eigenvalue weighted by molar-refractivity contribution is 4.91. The number of nitrogens with one attached hydrogen (secondary N) is 1. The molecule has 100 valence electrons. The summed E-state index contributed by atoms with van der Waals surface area (Å²) >= 11 is 0. The van der Waals surface area contributed by atoms with E-state index in [0.717, 1.165) is 12.1 Å². The monoisotopic (exact) mass is 238 g/mol. The van der Waals surface area contributed by atoms with Crippen molar-refractivity contribution >= 4 is 0 Å². The second-order valence-corrected chi connectivity index (χ2v) is 7.22. The van der Waals surface area contributed by atoms with Gasteiger partial charge in [-0.25, -0.2) is 0 Å². The van der Waals surface area contributed by atoms with Crippen molar-refractivity contribution in [2.45, 2.75) is 77.9 Å². The summed E-state index contributed by atoms with van der Waals surface area (Å²) in [5.41, 5.74) is 0.576. The second-order valence-electron chi connectivity index (χ2n) is 7.22. The summed E-state index contributed by atoms with van der Waals surface area (Å²) in [6.07, 6.45) is 7.02. The fourth-order valence-corrected chi connectivity index (χ4v) is 3.70. The van der Waals surface area contributed by atoms with E-state index in [1.807, 2.05) is 0 Å². The first-order chi connectivity index (χ1) is 7.96. The quantitative estimate of drug-likeness (QED) is 0.813. The molecule has 0 aromatic rings. The van der Waals surface area contributed by atoms with E-state index < -0.39 is 0 Å². The van der Waals surface area contributed by atoms with Crippen molar-refractivity contribution in [2.75, 3.05) is 13.1 Å². The van der Waals surface area contributed by atoms with Gasteiger partial charge in [0.15, 0.2) is 0 Å². The van der Waals surface area contributed by atoms with E-state index in [4.69, 9.17) is 0 Å². The molecule has 1 saturated heterocycles. The number of nitrogens with zero attached hydrogens (tertiary/aromatic N) is 1. The number of hydrogen-bond donors (Lipinski definition) is 1. The van der Waals surface area contributed by atoms with E-state index in [-0.39, 0.29) is 0 Å². The topological polar surface area (TPSA) is 15.3 Å². The van der Waals surface area contributed by atoms with E-state index >= 15 is 0 Å². The molecule has 0 bridgehead atoms. The Labute approximate surface area is 107 Å². The molecule has 0 amide bonds. The van der Waals surface area contributed by atoms with E-state index in [1.165, 1.54) is 45.2 Å². The van der Waals surface area contributed by atoms with Crippen LogP contribution in [0.3, 0.4) is 0 Å². The van der Waals surface area contributed by atoms with Crippen LogP contribution >= 0.6 is 0 Å². The Morgan fingerprint density at radius 2 is 2.00 bits per heavy atom. The van der Waals surface area contributed by atoms with Gasteiger partial charge in [0.25, 0.3) is 0 Å². The van der Waals surface area contributed by atoms with Crippen LogP contribution in [0.2, 0.25) is 0 Å². The summed E-state index contributed by atoms with van der Waals surface area (Å²) in [6.45, 7) is 12.0. The molecule has 1 heterocycles. The van der Waals surface area contributed by atoms with Crippen molar-refractivity contribution < 1.29 is 0 Å². The first-order valence-electron chi connectivity index (χ1n) is 7.46. The maximum Gasteiger partial charge on any atom is 0.0209 e. The van der Waals surface area contributed by atoms with E-state index in [2.05, 4.69) is 37.9 Å². The molecule has 0 aromatic heterocycles. The first kappa shape index (κ1) is 13.4. The Morgan fingerprint density at radius 3 is 2.65 bits per heavy atom. The fraction of sp³-hybridized carbons (Fsp3) is 1.00. The van der Waals surface area contributed by atoms with Gasteiger partial charge in [-0.15, -0.1) is 0 Å². The smallest absolute Gasteiger partial charge is 0.0209 e. The highest BCUT2D eigenvalue weighted by Crippen LogP contribution is 2.38. The van der Waals surface area contributed by atoms with E-state index in [9.17, 15) is 0 Å². The van der Waals surface area contributed by atoms with Crippen molar-refractivity contribution in [2.24, 2.45) is 5.41 Å². The Morgan fingerprint density at radius 1 is 1.24 bits per heavy atom. The lowest BCUT2D eigenvalue weighted by Crippen LogP contribution is -2.42. The molecule has 2 heteroatoms. The number of likely N-dealkylation sites (tertiary alicyclic amines) is 1. The van der Waals surface area contributed by atoms with Crippen LogP contribution in [0.25, 0.3) is 0 Å². The summed E-state index contributed by atoms with van der Waals surface area (Å²) in [7, 11) is 0. The number of rotatable bonds is 3. The Hall–Kier alpha value is -0.0800. The second kappa shape index (κ2) is 5.27. The van der Waals surface area contributed by atoms with Gasteiger partial charge in [0, 0.05) is 31.2 Å². The fourth-order valence-electron chi connectivity index (χ4n) is 3.70. The molecule has 2 unspecified atom stereocenters. The molecule has 1 saturated carbocycles. The average molecular weight is 238 g/mol. The van der Waals surface area contributed by atoms with Crippen LogP contribution < -0.4 is 5.32 Å². The molecular weight excluding hydrogens is 208 g/mol. The molecular formula is C15H30N2. The highest BCUT2D eigenvalue weighted by Gasteiger charge is 2.34. The van der Waals surface area contributed by atoms with Gasteiger partial charge >= 0.3 is 0 Å². The molecule has 2 rings (SSSR count). The predicted octanol–water partition coefficient (Wildman–Crippen LogP) is 3.03. The van der Waals surface area contributed by atoms with E-state index in [0.29, 0.717) is 11.5 Å². The Kier molecular flexibility index (Phi) is 4.14. The van der Waals surface area contributed by atoms with Crippen LogP contribution in [-0.2, 0) is 0 Å². The lowest BCUT2D eigenvalue weighted by atomic mass is 9.75. The van der Waals surface area contributed by atoms with Gasteiger partial charge in [0.2, 0.25) is 0 Å². The highest BCUT2D eigenvalue weighted by atomic mass is 15.2. The van der Waals surface area contributed by atoms with Crippen LogP contribution in [0, 0.1) is 5.41 Å². The molecule has 1 aliphatic carbocycles. The van der Waals surface area contributed by atoms with Crippen LogP contribution in [-0.4, -0.2) is 36.1 Å². The van der Waals surface area contributed by atoms with Gasteiger partial charge in [-0.05, 0) is 31.1 Å². The maximum atomic E-state index is 3.69. The SMILES string of the molecule is CC(C)NC1CCN(C2CCCC(C)(C)C2)C1. The summed E-state index contributed by atoms with van der Waals surface area (Å²) < 4.78 is 0. The molecule has 2 nitrogen and oxygen atoms in total. The van der Waals surface area contributed by atoms with Crippen molar-refractivity contribution in [1.82, 2.24) is 10.2 Å². The van der Waals surface area contributed by atoms with Gasteiger partial charge in [-0.3, -0.25) is 4.90 Å². The number of hydrogen-bond acceptors (Lipinski definition) is 2. The zero-order chi connectivity index (χ0) is 12.5. The summed E-state index contributed by atoms with van der Waals surface area (Å²) in [5, 5.41) is 3.69. The van der Waals surface area contributed by atoms with Crippen LogP contribution in [0.1, 0.15) is 59.8 Å². The van der Waals surface area contributed by atoms with Crippen LogP contribution in [0.5, 0.6) is 0 Å². The molecule has 0 spiro atoms.